The van der Waals surface area contributed by atoms with Gasteiger partial charge in [0.25, 0.3) is 0 Å². The van der Waals surface area contributed by atoms with E-state index in [4.69, 9.17) is 0 Å². The second-order valence-corrected chi connectivity index (χ2v) is 8.38. The zero-order valence-electron chi connectivity index (χ0n) is 17.9. The fraction of sp³-hybridized carbons (Fsp3) is 0.400. The van der Waals surface area contributed by atoms with Crippen LogP contribution in [0.25, 0.3) is 0 Å². The smallest absolute Gasteiger partial charge is 0.230 e. The Labute approximate surface area is 183 Å². The van der Waals surface area contributed by atoms with Crippen LogP contribution in [0, 0.1) is 0 Å². The molecule has 162 valence electrons. The minimum absolute atomic E-state index is 0.0442. The Kier molecular flexibility index (Phi) is 6.47. The quantitative estimate of drug-likeness (QED) is 0.706. The number of carbonyl (C=O) groups excluding carboxylic acids is 3. The lowest BCUT2D eigenvalue weighted by Gasteiger charge is -2.31. The Morgan fingerprint density at radius 2 is 1.77 bits per heavy atom. The van der Waals surface area contributed by atoms with Crippen LogP contribution in [0.4, 0.5) is 5.69 Å². The molecule has 2 N–H and O–H groups in total. The maximum atomic E-state index is 13.5. The zero-order valence-corrected chi connectivity index (χ0v) is 17.9. The van der Waals surface area contributed by atoms with E-state index in [2.05, 4.69) is 16.7 Å². The van der Waals surface area contributed by atoms with Crippen molar-refractivity contribution in [3.8, 4) is 0 Å². The minimum Gasteiger partial charge on any atom is -0.340 e. The van der Waals surface area contributed by atoms with E-state index in [0.29, 0.717) is 24.8 Å². The van der Waals surface area contributed by atoms with E-state index >= 15 is 0 Å². The number of Topliss-reactive ketones (excluding diaryl/α,β-unsaturated/α-hetero) is 1. The lowest BCUT2D eigenvalue weighted by Crippen LogP contribution is -2.48. The normalized spacial score (nSPS) is 16.9. The summed E-state index contributed by atoms with van der Waals surface area (Å²) >= 11 is 0. The summed E-state index contributed by atoms with van der Waals surface area (Å²) in [6.07, 6.45) is 2.65. The number of benzene rings is 2. The highest BCUT2D eigenvalue weighted by molar-refractivity contribution is 5.94. The predicted molar refractivity (Wildman–Crippen MR) is 120 cm³/mol. The number of aryl methyl sites for hydroxylation is 2. The number of nitrogens with zero attached hydrogens (tertiary/aromatic N) is 1. The summed E-state index contributed by atoms with van der Waals surface area (Å²) in [7, 11) is 0. The largest absolute Gasteiger partial charge is 0.340 e. The molecule has 31 heavy (non-hydrogen) atoms. The van der Waals surface area contributed by atoms with Crippen molar-refractivity contribution in [3.63, 3.8) is 0 Å². The van der Waals surface area contributed by atoms with E-state index in [9.17, 15) is 14.4 Å². The van der Waals surface area contributed by atoms with Gasteiger partial charge in [0.05, 0.1) is 5.92 Å². The van der Waals surface area contributed by atoms with Crippen LogP contribution >= 0.6 is 0 Å². The average Bonchev–Trinajstić information content (AvgIpc) is 2.80. The highest BCUT2D eigenvalue weighted by Crippen LogP contribution is 2.30. The summed E-state index contributed by atoms with van der Waals surface area (Å²) in [5.74, 6) is 0.0392. The second kappa shape index (κ2) is 9.43. The molecule has 0 saturated carbocycles. The van der Waals surface area contributed by atoms with Crippen molar-refractivity contribution < 1.29 is 14.4 Å². The zero-order chi connectivity index (χ0) is 21.8. The summed E-state index contributed by atoms with van der Waals surface area (Å²) in [5, 5.41) is 6.22. The van der Waals surface area contributed by atoms with Gasteiger partial charge in [-0.3, -0.25) is 14.4 Å². The molecular formula is C25H29N3O3. The van der Waals surface area contributed by atoms with Crippen LogP contribution in [0.5, 0.6) is 0 Å². The summed E-state index contributed by atoms with van der Waals surface area (Å²) < 4.78 is 0. The SMILES string of the molecule is CC(=O)c1ccc(CCC(C(=O)N2CCNCC2)c2ccc3c(c2)CCC(=O)N3)cc1. The van der Waals surface area contributed by atoms with Crippen LogP contribution in [0.3, 0.4) is 0 Å². The maximum absolute atomic E-state index is 13.5. The molecule has 0 aromatic heterocycles. The number of rotatable bonds is 6. The molecule has 0 aliphatic carbocycles. The Morgan fingerprint density at radius 1 is 1.03 bits per heavy atom. The van der Waals surface area contributed by atoms with Gasteiger partial charge in [0.15, 0.2) is 5.78 Å². The number of nitrogens with one attached hydrogen (secondary N) is 2. The molecule has 2 aliphatic rings. The lowest BCUT2D eigenvalue weighted by atomic mass is 9.88. The van der Waals surface area contributed by atoms with E-state index < -0.39 is 0 Å². The summed E-state index contributed by atoms with van der Waals surface area (Å²) in [6.45, 7) is 4.66. The van der Waals surface area contributed by atoms with Gasteiger partial charge in [0.2, 0.25) is 11.8 Å². The van der Waals surface area contributed by atoms with Gasteiger partial charge in [-0.15, -0.1) is 0 Å². The van der Waals surface area contributed by atoms with E-state index in [-0.39, 0.29) is 23.5 Å². The first-order valence-corrected chi connectivity index (χ1v) is 11.0. The minimum atomic E-state index is -0.228. The van der Waals surface area contributed by atoms with Gasteiger partial charge in [-0.2, -0.15) is 0 Å². The first kappa shape index (κ1) is 21.2. The third kappa shape index (κ3) is 5.02. The van der Waals surface area contributed by atoms with E-state index in [1.165, 1.54) is 0 Å². The first-order chi connectivity index (χ1) is 15.0. The molecule has 2 amide bonds. The molecule has 6 nitrogen and oxygen atoms in total. The van der Waals surface area contributed by atoms with E-state index in [1.807, 2.05) is 41.3 Å². The molecule has 6 heteroatoms. The van der Waals surface area contributed by atoms with Gasteiger partial charge in [0, 0.05) is 43.9 Å². The molecular weight excluding hydrogens is 390 g/mol. The monoisotopic (exact) mass is 419 g/mol. The number of carbonyl (C=O) groups is 3. The molecule has 2 aliphatic heterocycles. The highest BCUT2D eigenvalue weighted by Gasteiger charge is 2.28. The number of fused-ring (bicyclic) bond motifs is 1. The maximum Gasteiger partial charge on any atom is 0.230 e. The molecule has 1 unspecified atom stereocenters. The van der Waals surface area contributed by atoms with E-state index in [0.717, 1.165) is 55.0 Å². The van der Waals surface area contributed by atoms with Gasteiger partial charge >= 0.3 is 0 Å². The van der Waals surface area contributed by atoms with Crippen molar-refractivity contribution in [3.05, 3.63) is 64.7 Å². The molecule has 1 atom stereocenters. The van der Waals surface area contributed by atoms with Gasteiger partial charge in [-0.05, 0) is 48.9 Å². The first-order valence-electron chi connectivity index (χ1n) is 11.0. The van der Waals surface area contributed by atoms with Gasteiger partial charge < -0.3 is 15.5 Å². The molecule has 2 aromatic carbocycles. The Balaban J connectivity index is 1.56. The number of ketones is 1. The highest BCUT2D eigenvalue weighted by atomic mass is 16.2. The van der Waals surface area contributed by atoms with Crippen molar-refractivity contribution in [2.24, 2.45) is 0 Å². The molecule has 1 fully saturated rings. The van der Waals surface area contributed by atoms with Gasteiger partial charge in [-0.25, -0.2) is 0 Å². The molecule has 0 bridgehead atoms. The van der Waals surface area contributed by atoms with Crippen molar-refractivity contribution in [1.82, 2.24) is 10.2 Å². The Bertz CT molecular complexity index is 978. The third-order valence-electron chi connectivity index (χ3n) is 6.24. The summed E-state index contributed by atoms with van der Waals surface area (Å²) in [5.41, 5.74) is 4.79. The lowest BCUT2D eigenvalue weighted by molar-refractivity contribution is -0.133. The number of hydrogen-bond acceptors (Lipinski definition) is 4. The molecule has 0 spiro atoms. The number of hydrogen-bond donors (Lipinski definition) is 2. The Hall–Kier alpha value is -2.99. The fourth-order valence-corrected chi connectivity index (χ4v) is 4.38. The molecule has 2 aromatic rings. The molecule has 0 radical (unpaired) electrons. The van der Waals surface area contributed by atoms with Crippen LogP contribution in [0.15, 0.2) is 42.5 Å². The second-order valence-electron chi connectivity index (χ2n) is 8.38. The summed E-state index contributed by atoms with van der Waals surface area (Å²) in [6, 6.07) is 13.7. The number of anilines is 1. The van der Waals surface area contributed by atoms with Crippen molar-refractivity contribution in [2.75, 3.05) is 31.5 Å². The Morgan fingerprint density at radius 3 is 2.48 bits per heavy atom. The van der Waals surface area contributed by atoms with Crippen molar-refractivity contribution in [1.29, 1.82) is 0 Å². The van der Waals surface area contributed by atoms with E-state index in [1.54, 1.807) is 6.92 Å². The molecule has 1 saturated heterocycles. The van der Waals surface area contributed by atoms with Gasteiger partial charge in [0.1, 0.15) is 0 Å². The summed E-state index contributed by atoms with van der Waals surface area (Å²) in [4.78, 5) is 38.6. The number of amides is 2. The van der Waals surface area contributed by atoms with Crippen molar-refractivity contribution in [2.45, 2.75) is 38.5 Å². The van der Waals surface area contributed by atoms with Crippen LogP contribution < -0.4 is 10.6 Å². The van der Waals surface area contributed by atoms with Crippen LogP contribution in [-0.4, -0.2) is 48.7 Å². The van der Waals surface area contributed by atoms with Crippen molar-refractivity contribution >= 4 is 23.3 Å². The third-order valence-corrected chi connectivity index (χ3v) is 6.24. The fourth-order valence-electron chi connectivity index (χ4n) is 4.38. The topological polar surface area (TPSA) is 78.5 Å². The van der Waals surface area contributed by atoms with Gasteiger partial charge in [-0.1, -0.05) is 36.4 Å². The average molecular weight is 420 g/mol. The number of piperazine rings is 1. The molecule has 2 heterocycles. The van der Waals surface area contributed by atoms with Crippen LogP contribution in [0.2, 0.25) is 0 Å². The standard InChI is InChI=1S/C25H29N3O3/c1-17(29)19-5-2-18(3-6-19)4-9-22(25(31)28-14-12-26-13-15-28)20-7-10-23-21(16-20)8-11-24(30)27-23/h2-3,5-7,10,16,22,26H,4,8-9,11-15H2,1H3,(H,27,30). The predicted octanol–water partition coefficient (Wildman–Crippen LogP) is 2.92. The van der Waals surface area contributed by atoms with Crippen LogP contribution in [0.1, 0.15) is 52.7 Å². The van der Waals surface area contributed by atoms with Crippen LogP contribution in [-0.2, 0) is 22.4 Å². The molecule has 4 rings (SSSR count).